The molecular formula is C26H29N3O2. The Hall–Kier alpha value is -3.44. The highest BCUT2D eigenvalue weighted by Crippen LogP contribution is 2.18. The molecule has 3 aromatic carbocycles. The molecule has 1 atom stereocenters. The molecule has 5 nitrogen and oxygen atoms in total. The van der Waals surface area contributed by atoms with Crippen LogP contribution in [-0.2, 0) is 17.8 Å². The lowest BCUT2D eigenvalue weighted by molar-refractivity contribution is -0.122. The van der Waals surface area contributed by atoms with Gasteiger partial charge in [-0.1, -0.05) is 72.8 Å². The number of likely N-dealkylation sites (N-methyl/N-ethyl adjacent to an activating group) is 1. The summed E-state index contributed by atoms with van der Waals surface area (Å²) in [5, 5.41) is 5.81. The van der Waals surface area contributed by atoms with E-state index >= 15 is 0 Å². The van der Waals surface area contributed by atoms with E-state index in [2.05, 4.69) is 22.8 Å². The van der Waals surface area contributed by atoms with Crippen LogP contribution in [0, 0.1) is 0 Å². The smallest absolute Gasteiger partial charge is 0.251 e. The van der Waals surface area contributed by atoms with E-state index in [9.17, 15) is 9.59 Å². The standard InChI is InChI=1S/C26H29N3O2/c1-27-26(31)23-15-13-21(14-16-23)18-29(2)19-25(30)28-24(22-11-7-4-8-12-22)17-20-9-5-3-6-10-20/h3-16,24H,17-19H2,1-2H3,(H,27,31)(H,28,30). The maximum atomic E-state index is 12.8. The molecule has 31 heavy (non-hydrogen) atoms. The summed E-state index contributed by atoms with van der Waals surface area (Å²) in [6.07, 6.45) is 0.737. The second kappa shape index (κ2) is 11.1. The number of hydrogen-bond acceptors (Lipinski definition) is 3. The predicted molar refractivity (Wildman–Crippen MR) is 124 cm³/mol. The van der Waals surface area contributed by atoms with Crippen LogP contribution in [0.4, 0.5) is 0 Å². The van der Waals surface area contributed by atoms with Crippen LogP contribution < -0.4 is 10.6 Å². The number of carbonyl (C=O) groups excluding carboxylic acids is 2. The zero-order valence-corrected chi connectivity index (χ0v) is 18.0. The zero-order chi connectivity index (χ0) is 22.1. The van der Waals surface area contributed by atoms with Crippen LogP contribution in [-0.4, -0.2) is 37.4 Å². The topological polar surface area (TPSA) is 61.4 Å². The lowest BCUT2D eigenvalue weighted by atomic mass is 9.99. The van der Waals surface area contributed by atoms with Gasteiger partial charge in [-0.3, -0.25) is 14.5 Å². The Labute approximate surface area is 184 Å². The van der Waals surface area contributed by atoms with Gasteiger partial charge in [-0.2, -0.15) is 0 Å². The molecule has 0 bridgehead atoms. The van der Waals surface area contributed by atoms with E-state index in [0.29, 0.717) is 12.1 Å². The van der Waals surface area contributed by atoms with Gasteiger partial charge in [-0.15, -0.1) is 0 Å². The molecule has 0 heterocycles. The number of nitrogens with one attached hydrogen (secondary N) is 2. The van der Waals surface area contributed by atoms with Crippen LogP contribution in [0.1, 0.15) is 33.1 Å². The van der Waals surface area contributed by atoms with E-state index in [1.807, 2.05) is 72.6 Å². The van der Waals surface area contributed by atoms with Crippen LogP contribution >= 0.6 is 0 Å². The molecule has 2 amide bonds. The first-order valence-electron chi connectivity index (χ1n) is 10.4. The van der Waals surface area contributed by atoms with Crippen LogP contribution in [0.3, 0.4) is 0 Å². The molecule has 0 fully saturated rings. The third-order valence-electron chi connectivity index (χ3n) is 5.13. The molecule has 0 aliphatic heterocycles. The van der Waals surface area contributed by atoms with Gasteiger partial charge in [0.05, 0.1) is 12.6 Å². The van der Waals surface area contributed by atoms with Gasteiger partial charge in [-0.05, 0) is 42.3 Å². The number of carbonyl (C=O) groups is 2. The molecule has 3 rings (SSSR count). The number of nitrogens with zero attached hydrogens (tertiary/aromatic N) is 1. The SMILES string of the molecule is CNC(=O)c1ccc(CN(C)CC(=O)NC(Cc2ccccc2)c2ccccc2)cc1. The largest absolute Gasteiger partial charge is 0.355 e. The van der Waals surface area contributed by atoms with Gasteiger partial charge in [0, 0.05) is 19.2 Å². The van der Waals surface area contributed by atoms with Crippen molar-refractivity contribution in [3.63, 3.8) is 0 Å². The molecule has 0 spiro atoms. The van der Waals surface area contributed by atoms with Crippen molar-refractivity contribution >= 4 is 11.8 Å². The van der Waals surface area contributed by atoms with Crippen molar-refractivity contribution in [1.29, 1.82) is 0 Å². The monoisotopic (exact) mass is 415 g/mol. The Bertz CT molecular complexity index is 973. The highest BCUT2D eigenvalue weighted by Gasteiger charge is 2.16. The maximum Gasteiger partial charge on any atom is 0.251 e. The number of hydrogen-bond donors (Lipinski definition) is 2. The Balaban J connectivity index is 1.60. The van der Waals surface area contributed by atoms with Gasteiger partial charge in [0.15, 0.2) is 0 Å². The third kappa shape index (κ3) is 6.79. The minimum Gasteiger partial charge on any atom is -0.355 e. The predicted octanol–water partition coefficient (Wildman–Crippen LogP) is 3.58. The van der Waals surface area contributed by atoms with Gasteiger partial charge >= 0.3 is 0 Å². The van der Waals surface area contributed by atoms with Crippen molar-refractivity contribution in [3.8, 4) is 0 Å². The van der Waals surface area contributed by atoms with Crippen molar-refractivity contribution in [2.24, 2.45) is 0 Å². The fraction of sp³-hybridized carbons (Fsp3) is 0.231. The molecule has 0 radical (unpaired) electrons. The van der Waals surface area contributed by atoms with E-state index in [-0.39, 0.29) is 24.4 Å². The summed E-state index contributed by atoms with van der Waals surface area (Å²) < 4.78 is 0. The highest BCUT2D eigenvalue weighted by atomic mass is 16.2. The summed E-state index contributed by atoms with van der Waals surface area (Å²) in [6, 6.07) is 27.6. The van der Waals surface area contributed by atoms with Gasteiger partial charge in [-0.25, -0.2) is 0 Å². The first-order chi connectivity index (χ1) is 15.0. The fourth-order valence-corrected chi connectivity index (χ4v) is 3.55. The first-order valence-corrected chi connectivity index (χ1v) is 10.4. The Morgan fingerprint density at radius 2 is 1.45 bits per heavy atom. The summed E-state index contributed by atoms with van der Waals surface area (Å²) in [6.45, 7) is 0.908. The van der Waals surface area contributed by atoms with Crippen molar-refractivity contribution in [3.05, 3.63) is 107 Å². The van der Waals surface area contributed by atoms with Crippen molar-refractivity contribution < 1.29 is 9.59 Å². The molecular weight excluding hydrogens is 386 g/mol. The molecule has 0 aliphatic carbocycles. The number of rotatable bonds is 9. The van der Waals surface area contributed by atoms with E-state index in [1.165, 1.54) is 5.56 Å². The average Bonchev–Trinajstić information content (AvgIpc) is 2.79. The summed E-state index contributed by atoms with van der Waals surface area (Å²) in [5.41, 5.74) is 3.94. The molecule has 2 N–H and O–H groups in total. The summed E-state index contributed by atoms with van der Waals surface area (Å²) in [7, 11) is 3.53. The number of amides is 2. The fourth-order valence-electron chi connectivity index (χ4n) is 3.55. The van der Waals surface area contributed by atoms with Gasteiger partial charge < -0.3 is 10.6 Å². The molecule has 0 aromatic heterocycles. The molecule has 0 saturated heterocycles. The average molecular weight is 416 g/mol. The van der Waals surface area contributed by atoms with Crippen molar-refractivity contribution in [1.82, 2.24) is 15.5 Å². The molecule has 5 heteroatoms. The van der Waals surface area contributed by atoms with Gasteiger partial charge in [0.2, 0.25) is 5.91 Å². The van der Waals surface area contributed by atoms with Crippen molar-refractivity contribution in [2.75, 3.05) is 20.6 Å². The molecule has 0 aliphatic rings. The summed E-state index contributed by atoms with van der Waals surface area (Å²) >= 11 is 0. The Kier molecular flexibility index (Phi) is 7.96. The van der Waals surface area contributed by atoms with Gasteiger partial charge in [0.1, 0.15) is 0 Å². The second-order valence-corrected chi connectivity index (χ2v) is 7.67. The number of benzene rings is 3. The Morgan fingerprint density at radius 1 is 0.839 bits per heavy atom. The van der Waals surface area contributed by atoms with E-state index in [1.54, 1.807) is 19.2 Å². The molecule has 160 valence electrons. The minimum atomic E-state index is -0.107. The van der Waals surface area contributed by atoms with Crippen molar-refractivity contribution in [2.45, 2.75) is 19.0 Å². The summed E-state index contributed by atoms with van der Waals surface area (Å²) in [4.78, 5) is 26.4. The minimum absolute atomic E-state index is 0.0192. The van der Waals surface area contributed by atoms with Crippen LogP contribution in [0.5, 0.6) is 0 Å². The molecule has 1 unspecified atom stereocenters. The van der Waals surface area contributed by atoms with E-state index in [0.717, 1.165) is 17.5 Å². The first kappa shape index (κ1) is 22.2. The summed E-state index contributed by atoms with van der Waals surface area (Å²) in [5.74, 6) is -0.126. The highest BCUT2D eigenvalue weighted by molar-refractivity contribution is 5.93. The second-order valence-electron chi connectivity index (χ2n) is 7.67. The van der Waals surface area contributed by atoms with Crippen LogP contribution in [0.25, 0.3) is 0 Å². The van der Waals surface area contributed by atoms with Crippen LogP contribution in [0.15, 0.2) is 84.9 Å². The van der Waals surface area contributed by atoms with Gasteiger partial charge in [0.25, 0.3) is 5.91 Å². The quantitative estimate of drug-likeness (QED) is 0.562. The van der Waals surface area contributed by atoms with E-state index in [4.69, 9.17) is 0 Å². The lowest BCUT2D eigenvalue weighted by Crippen LogP contribution is -2.37. The molecule has 3 aromatic rings. The van der Waals surface area contributed by atoms with E-state index < -0.39 is 0 Å². The third-order valence-corrected chi connectivity index (χ3v) is 5.13. The normalized spacial score (nSPS) is 11.7. The lowest BCUT2D eigenvalue weighted by Gasteiger charge is -2.22. The zero-order valence-electron chi connectivity index (χ0n) is 18.0. The molecule has 0 saturated carbocycles. The Morgan fingerprint density at radius 3 is 2.06 bits per heavy atom. The maximum absolute atomic E-state index is 12.8. The van der Waals surface area contributed by atoms with Crippen LogP contribution in [0.2, 0.25) is 0 Å².